The molecule has 6 nitrogen and oxygen atoms in total. The van der Waals surface area contributed by atoms with Gasteiger partial charge < -0.3 is 15.0 Å². The van der Waals surface area contributed by atoms with E-state index >= 15 is 0 Å². The molecule has 1 aromatic carbocycles. The number of nitrogens with one attached hydrogen (secondary N) is 1. The third kappa shape index (κ3) is 3.35. The van der Waals surface area contributed by atoms with Crippen LogP contribution in [-0.2, 0) is 20.1 Å². The normalized spacial score (nSPS) is 10.7. The first-order valence-electron chi connectivity index (χ1n) is 8.59. The van der Waals surface area contributed by atoms with Gasteiger partial charge in [0, 0.05) is 30.9 Å². The van der Waals surface area contributed by atoms with Crippen LogP contribution < -0.4 is 5.32 Å². The molecule has 134 valence electrons. The molecular formula is C20H23N5O. The van der Waals surface area contributed by atoms with E-state index in [2.05, 4.69) is 29.5 Å². The Morgan fingerprint density at radius 3 is 2.65 bits per heavy atom. The largest absolute Gasteiger partial charge is 0.394 e. The van der Waals surface area contributed by atoms with Gasteiger partial charge in [-0.25, -0.2) is 4.68 Å². The van der Waals surface area contributed by atoms with Crippen molar-refractivity contribution in [2.75, 3.05) is 11.9 Å². The lowest BCUT2D eigenvalue weighted by molar-refractivity contribution is 0.270. The number of anilines is 1. The topological polar surface area (TPSA) is 78.8 Å². The Morgan fingerprint density at radius 1 is 1.23 bits per heavy atom. The van der Waals surface area contributed by atoms with E-state index in [9.17, 15) is 10.4 Å². The molecule has 3 rings (SSSR count). The number of rotatable bonds is 6. The standard InChI is InChI=1S/C20H23N5O/c1-14-6-4-5-7-18(14)19-11-20(25(23-19)8-9-26)22-13-16-10-17(12-21)24(3)15(16)2/h4-7,10-11,22,26H,8-9,13H2,1-3H3. The SMILES string of the molecule is Cc1ccccc1-c1cc(NCc2cc(C#N)n(C)c2C)n(CCO)n1. The van der Waals surface area contributed by atoms with Gasteiger partial charge in [-0.2, -0.15) is 10.4 Å². The summed E-state index contributed by atoms with van der Waals surface area (Å²) in [6.45, 7) is 5.09. The zero-order chi connectivity index (χ0) is 18.7. The Morgan fingerprint density at radius 2 is 2.00 bits per heavy atom. The number of hydrogen-bond acceptors (Lipinski definition) is 4. The number of aliphatic hydroxyl groups excluding tert-OH is 1. The van der Waals surface area contributed by atoms with Crippen LogP contribution in [0.2, 0.25) is 0 Å². The van der Waals surface area contributed by atoms with Crippen molar-refractivity contribution in [1.82, 2.24) is 14.3 Å². The van der Waals surface area contributed by atoms with Crippen LogP contribution in [0, 0.1) is 25.2 Å². The minimum Gasteiger partial charge on any atom is -0.394 e. The summed E-state index contributed by atoms with van der Waals surface area (Å²) < 4.78 is 3.67. The maximum absolute atomic E-state index is 9.35. The van der Waals surface area contributed by atoms with E-state index in [1.54, 1.807) is 4.68 Å². The highest BCUT2D eigenvalue weighted by Gasteiger charge is 2.13. The molecule has 0 aliphatic heterocycles. The number of hydrogen-bond donors (Lipinski definition) is 2. The molecule has 0 fully saturated rings. The predicted octanol–water partition coefficient (Wildman–Crippen LogP) is 2.98. The summed E-state index contributed by atoms with van der Waals surface area (Å²) in [6, 6.07) is 14.2. The molecule has 0 amide bonds. The van der Waals surface area contributed by atoms with Crippen molar-refractivity contribution in [1.29, 1.82) is 5.26 Å². The molecule has 0 unspecified atom stereocenters. The summed E-state index contributed by atoms with van der Waals surface area (Å²) >= 11 is 0. The molecule has 0 aliphatic rings. The predicted molar refractivity (Wildman–Crippen MR) is 102 cm³/mol. The zero-order valence-electron chi connectivity index (χ0n) is 15.3. The minimum absolute atomic E-state index is 0.0204. The van der Waals surface area contributed by atoms with E-state index in [1.807, 2.05) is 48.9 Å². The van der Waals surface area contributed by atoms with Gasteiger partial charge in [0.2, 0.25) is 0 Å². The quantitative estimate of drug-likeness (QED) is 0.717. The highest BCUT2D eigenvalue weighted by Crippen LogP contribution is 2.25. The van der Waals surface area contributed by atoms with Crippen molar-refractivity contribution in [2.45, 2.75) is 26.9 Å². The second kappa shape index (κ2) is 7.46. The minimum atomic E-state index is 0.0204. The van der Waals surface area contributed by atoms with Gasteiger partial charge in [0.1, 0.15) is 17.6 Å². The maximum atomic E-state index is 9.35. The smallest absolute Gasteiger partial charge is 0.125 e. The molecule has 0 radical (unpaired) electrons. The lowest BCUT2D eigenvalue weighted by atomic mass is 10.1. The monoisotopic (exact) mass is 349 g/mol. The van der Waals surface area contributed by atoms with Crippen molar-refractivity contribution in [3.05, 3.63) is 58.9 Å². The van der Waals surface area contributed by atoms with E-state index in [4.69, 9.17) is 0 Å². The van der Waals surface area contributed by atoms with Crippen LogP contribution in [0.25, 0.3) is 11.3 Å². The molecule has 6 heteroatoms. The molecule has 0 spiro atoms. The van der Waals surface area contributed by atoms with Crippen molar-refractivity contribution in [3.8, 4) is 17.3 Å². The van der Waals surface area contributed by atoms with Crippen molar-refractivity contribution >= 4 is 5.82 Å². The van der Waals surface area contributed by atoms with Gasteiger partial charge in [-0.15, -0.1) is 0 Å². The molecular weight excluding hydrogens is 326 g/mol. The summed E-state index contributed by atoms with van der Waals surface area (Å²) in [7, 11) is 1.89. The lowest BCUT2D eigenvalue weighted by Gasteiger charge is -2.08. The van der Waals surface area contributed by atoms with Gasteiger partial charge in [0.15, 0.2) is 0 Å². The first kappa shape index (κ1) is 17.8. The molecule has 2 heterocycles. The van der Waals surface area contributed by atoms with Crippen LogP contribution in [-0.4, -0.2) is 26.1 Å². The summed E-state index contributed by atoms with van der Waals surface area (Å²) in [4.78, 5) is 0. The number of benzene rings is 1. The fraction of sp³-hybridized carbons (Fsp3) is 0.300. The molecule has 0 saturated heterocycles. The first-order chi connectivity index (χ1) is 12.5. The lowest BCUT2D eigenvalue weighted by Crippen LogP contribution is -2.10. The van der Waals surface area contributed by atoms with Crippen molar-refractivity contribution in [2.24, 2.45) is 7.05 Å². The second-order valence-corrected chi connectivity index (χ2v) is 6.34. The number of aryl methyl sites for hydroxylation is 1. The van der Waals surface area contributed by atoms with E-state index in [0.29, 0.717) is 18.8 Å². The number of aromatic nitrogens is 3. The van der Waals surface area contributed by atoms with E-state index in [-0.39, 0.29) is 6.61 Å². The molecule has 0 saturated carbocycles. The summed E-state index contributed by atoms with van der Waals surface area (Å²) in [5, 5.41) is 26.6. The van der Waals surface area contributed by atoms with Crippen LogP contribution in [0.4, 0.5) is 5.82 Å². The molecule has 2 aromatic heterocycles. The van der Waals surface area contributed by atoms with Gasteiger partial charge in [0.05, 0.1) is 18.8 Å². The zero-order valence-corrected chi connectivity index (χ0v) is 15.3. The van der Waals surface area contributed by atoms with Crippen molar-refractivity contribution in [3.63, 3.8) is 0 Å². The average molecular weight is 349 g/mol. The average Bonchev–Trinajstić information content (AvgIpc) is 3.16. The van der Waals surface area contributed by atoms with Crippen molar-refractivity contribution < 1.29 is 5.11 Å². The number of aliphatic hydroxyl groups is 1. The fourth-order valence-corrected chi connectivity index (χ4v) is 3.05. The molecule has 0 bridgehead atoms. The van der Waals surface area contributed by atoms with Gasteiger partial charge in [-0.05, 0) is 31.0 Å². The van der Waals surface area contributed by atoms with Gasteiger partial charge in [0.25, 0.3) is 0 Å². The Kier molecular flexibility index (Phi) is 5.10. The van der Waals surface area contributed by atoms with E-state index in [0.717, 1.165) is 33.9 Å². The fourth-order valence-electron chi connectivity index (χ4n) is 3.05. The van der Waals surface area contributed by atoms with Gasteiger partial charge in [-0.1, -0.05) is 24.3 Å². The Bertz CT molecular complexity index is 961. The third-order valence-electron chi connectivity index (χ3n) is 4.73. The Labute approximate surface area is 153 Å². The van der Waals surface area contributed by atoms with Crippen LogP contribution in [0.5, 0.6) is 0 Å². The van der Waals surface area contributed by atoms with Crippen LogP contribution in [0.3, 0.4) is 0 Å². The summed E-state index contributed by atoms with van der Waals surface area (Å²) in [5.74, 6) is 0.846. The highest BCUT2D eigenvalue weighted by atomic mass is 16.3. The second-order valence-electron chi connectivity index (χ2n) is 6.34. The van der Waals surface area contributed by atoms with E-state index in [1.165, 1.54) is 0 Å². The summed E-state index contributed by atoms with van der Waals surface area (Å²) in [5.41, 5.74) is 5.88. The molecule has 0 aliphatic carbocycles. The Hall–Kier alpha value is -3.04. The molecule has 3 aromatic rings. The van der Waals surface area contributed by atoms with E-state index < -0.39 is 0 Å². The van der Waals surface area contributed by atoms with Gasteiger partial charge >= 0.3 is 0 Å². The Balaban J connectivity index is 1.88. The number of nitrogens with zero attached hydrogens (tertiary/aromatic N) is 4. The molecule has 2 N–H and O–H groups in total. The van der Waals surface area contributed by atoms with Crippen LogP contribution in [0.15, 0.2) is 36.4 Å². The third-order valence-corrected chi connectivity index (χ3v) is 4.73. The highest BCUT2D eigenvalue weighted by molar-refractivity contribution is 5.66. The van der Waals surface area contributed by atoms with Crippen LogP contribution >= 0.6 is 0 Å². The maximum Gasteiger partial charge on any atom is 0.125 e. The van der Waals surface area contributed by atoms with Gasteiger partial charge in [-0.3, -0.25) is 0 Å². The molecule has 26 heavy (non-hydrogen) atoms. The molecule has 0 atom stereocenters. The van der Waals surface area contributed by atoms with Crippen LogP contribution in [0.1, 0.15) is 22.5 Å². The first-order valence-corrected chi connectivity index (χ1v) is 8.59. The summed E-state index contributed by atoms with van der Waals surface area (Å²) in [6.07, 6.45) is 0. The number of nitriles is 1.